The van der Waals surface area contributed by atoms with Crippen molar-refractivity contribution in [1.82, 2.24) is 10.6 Å². The first kappa shape index (κ1) is 19.8. The minimum atomic E-state index is 0. The quantitative estimate of drug-likeness (QED) is 0.835. The summed E-state index contributed by atoms with van der Waals surface area (Å²) in [5.41, 5.74) is 1.30. The molecule has 0 spiro atoms. The van der Waals surface area contributed by atoms with Crippen molar-refractivity contribution in [2.75, 3.05) is 13.2 Å². The van der Waals surface area contributed by atoms with E-state index in [0.29, 0.717) is 25.0 Å². The summed E-state index contributed by atoms with van der Waals surface area (Å²) >= 11 is 0. The molecule has 1 aromatic rings. The Balaban J connectivity index is 0.00000264. The van der Waals surface area contributed by atoms with E-state index in [-0.39, 0.29) is 24.4 Å². The van der Waals surface area contributed by atoms with E-state index in [1.54, 1.807) is 0 Å². The Labute approximate surface area is 145 Å². The number of benzene rings is 1. The second-order valence-electron chi connectivity index (χ2n) is 6.38. The summed E-state index contributed by atoms with van der Waals surface area (Å²) in [6, 6.07) is 8.69. The second kappa shape index (κ2) is 9.78. The van der Waals surface area contributed by atoms with Crippen molar-refractivity contribution in [3.63, 3.8) is 0 Å². The Morgan fingerprint density at radius 3 is 2.65 bits per heavy atom. The minimum Gasteiger partial charge on any atom is -0.493 e. The molecule has 1 saturated heterocycles. The fraction of sp³-hybridized carbons (Fsp3) is 0.611. The van der Waals surface area contributed by atoms with Crippen molar-refractivity contribution in [2.45, 2.75) is 58.0 Å². The maximum absolute atomic E-state index is 12.0. The van der Waals surface area contributed by atoms with Crippen LogP contribution in [0.25, 0.3) is 0 Å². The number of rotatable bonds is 6. The number of nitrogens with one attached hydrogen (secondary N) is 2. The van der Waals surface area contributed by atoms with E-state index in [9.17, 15) is 4.79 Å². The van der Waals surface area contributed by atoms with E-state index in [0.717, 1.165) is 25.1 Å². The summed E-state index contributed by atoms with van der Waals surface area (Å²) in [5.74, 6) is 1.41. The van der Waals surface area contributed by atoms with Crippen LogP contribution < -0.4 is 15.4 Å². The number of halogens is 1. The van der Waals surface area contributed by atoms with Gasteiger partial charge in [0.1, 0.15) is 5.75 Å². The highest BCUT2D eigenvalue weighted by molar-refractivity contribution is 5.85. The zero-order chi connectivity index (χ0) is 15.9. The van der Waals surface area contributed by atoms with Crippen molar-refractivity contribution in [1.29, 1.82) is 0 Å². The highest BCUT2D eigenvalue weighted by Crippen LogP contribution is 2.18. The molecule has 1 amide bonds. The van der Waals surface area contributed by atoms with E-state index in [1.807, 2.05) is 12.1 Å². The molecule has 5 heteroatoms. The monoisotopic (exact) mass is 340 g/mol. The van der Waals surface area contributed by atoms with Gasteiger partial charge in [0.15, 0.2) is 0 Å². The lowest BCUT2D eigenvalue weighted by Gasteiger charge is -2.30. The topological polar surface area (TPSA) is 50.4 Å². The number of ether oxygens (including phenoxy) is 1. The number of carbonyl (C=O) groups excluding carboxylic acids is 1. The highest BCUT2D eigenvalue weighted by Gasteiger charge is 2.22. The molecule has 23 heavy (non-hydrogen) atoms. The van der Waals surface area contributed by atoms with Gasteiger partial charge in [0.2, 0.25) is 5.91 Å². The Morgan fingerprint density at radius 2 is 2.04 bits per heavy atom. The van der Waals surface area contributed by atoms with Gasteiger partial charge in [0.05, 0.1) is 13.0 Å². The fourth-order valence-corrected chi connectivity index (χ4v) is 2.73. The third-order valence-corrected chi connectivity index (χ3v) is 4.25. The molecule has 1 heterocycles. The zero-order valence-electron chi connectivity index (χ0n) is 14.3. The van der Waals surface area contributed by atoms with E-state index < -0.39 is 0 Å². The molecule has 0 bridgehead atoms. The average molecular weight is 341 g/mol. The Kier molecular flexibility index (Phi) is 8.42. The molecule has 1 aliphatic rings. The lowest BCUT2D eigenvalue weighted by molar-refractivity contribution is -0.122. The van der Waals surface area contributed by atoms with Crippen LogP contribution >= 0.6 is 12.4 Å². The number of carbonyl (C=O) groups is 1. The van der Waals surface area contributed by atoms with Crippen LogP contribution in [-0.2, 0) is 4.79 Å². The lowest BCUT2D eigenvalue weighted by Crippen LogP contribution is -2.52. The van der Waals surface area contributed by atoms with Gasteiger partial charge in [0.25, 0.3) is 0 Å². The van der Waals surface area contributed by atoms with Crippen LogP contribution in [0.2, 0.25) is 0 Å². The van der Waals surface area contributed by atoms with Crippen LogP contribution in [0, 0.1) is 0 Å². The predicted octanol–water partition coefficient (Wildman–Crippen LogP) is 3.26. The third-order valence-electron chi connectivity index (χ3n) is 4.25. The first-order chi connectivity index (χ1) is 10.6. The summed E-state index contributed by atoms with van der Waals surface area (Å²) in [5, 5.41) is 6.49. The van der Waals surface area contributed by atoms with Gasteiger partial charge in [-0.25, -0.2) is 0 Å². The van der Waals surface area contributed by atoms with Crippen LogP contribution in [0.4, 0.5) is 0 Å². The SMILES string of the molecule is CC(C)c1ccc(OCCC(=O)NC2CCCNC2C)cc1.Cl. The van der Waals surface area contributed by atoms with Crippen LogP contribution in [0.15, 0.2) is 24.3 Å². The average Bonchev–Trinajstić information content (AvgIpc) is 2.50. The predicted molar refractivity (Wildman–Crippen MR) is 96.5 cm³/mol. The largest absolute Gasteiger partial charge is 0.493 e. The van der Waals surface area contributed by atoms with Gasteiger partial charge in [-0.15, -0.1) is 12.4 Å². The summed E-state index contributed by atoms with van der Waals surface area (Å²) in [6.07, 6.45) is 2.57. The molecule has 2 unspecified atom stereocenters. The smallest absolute Gasteiger partial charge is 0.223 e. The minimum absolute atomic E-state index is 0. The molecule has 4 nitrogen and oxygen atoms in total. The molecule has 0 saturated carbocycles. The van der Waals surface area contributed by atoms with Gasteiger partial charge in [0, 0.05) is 12.1 Å². The van der Waals surface area contributed by atoms with Crippen molar-refractivity contribution >= 4 is 18.3 Å². The maximum atomic E-state index is 12.0. The van der Waals surface area contributed by atoms with Gasteiger partial charge in [-0.3, -0.25) is 4.79 Å². The first-order valence-corrected chi connectivity index (χ1v) is 8.32. The molecule has 1 fully saturated rings. The van der Waals surface area contributed by atoms with Crippen molar-refractivity contribution in [3.8, 4) is 5.75 Å². The van der Waals surface area contributed by atoms with E-state index in [4.69, 9.17) is 4.74 Å². The van der Waals surface area contributed by atoms with Crippen LogP contribution in [0.3, 0.4) is 0 Å². The maximum Gasteiger partial charge on any atom is 0.223 e. The molecule has 2 N–H and O–H groups in total. The molecule has 2 rings (SSSR count). The third kappa shape index (κ3) is 6.40. The van der Waals surface area contributed by atoms with Gasteiger partial charge in [-0.2, -0.15) is 0 Å². The van der Waals surface area contributed by atoms with Gasteiger partial charge < -0.3 is 15.4 Å². The molecule has 0 radical (unpaired) electrons. The molecule has 130 valence electrons. The van der Waals surface area contributed by atoms with Crippen molar-refractivity contribution in [3.05, 3.63) is 29.8 Å². The number of hydrogen-bond donors (Lipinski definition) is 2. The van der Waals surface area contributed by atoms with Gasteiger partial charge >= 0.3 is 0 Å². The summed E-state index contributed by atoms with van der Waals surface area (Å²) < 4.78 is 5.65. The number of amides is 1. The van der Waals surface area contributed by atoms with Crippen LogP contribution in [0.5, 0.6) is 5.75 Å². The Bertz CT molecular complexity index is 476. The summed E-state index contributed by atoms with van der Waals surface area (Å²) in [6.45, 7) is 7.92. The highest BCUT2D eigenvalue weighted by atomic mass is 35.5. The van der Waals surface area contributed by atoms with E-state index in [1.165, 1.54) is 5.56 Å². The molecule has 2 atom stereocenters. The fourth-order valence-electron chi connectivity index (χ4n) is 2.73. The van der Waals surface area contributed by atoms with Crippen LogP contribution in [0.1, 0.15) is 51.5 Å². The van der Waals surface area contributed by atoms with E-state index in [2.05, 4.69) is 43.5 Å². The molecular weight excluding hydrogens is 312 g/mol. The van der Waals surface area contributed by atoms with Gasteiger partial charge in [-0.05, 0) is 49.9 Å². The zero-order valence-corrected chi connectivity index (χ0v) is 15.1. The van der Waals surface area contributed by atoms with Crippen LogP contribution in [-0.4, -0.2) is 31.1 Å². The first-order valence-electron chi connectivity index (χ1n) is 8.32. The Morgan fingerprint density at radius 1 is 1.35 bits per heavy atom. The summed E-state index contributed by atoms with van der Waals surface area (Å²) in [7, 11) is 0. The number of piperidine rings is 1. The van der Waals surface area contributed by atoms with Crippen molar-refractivity contribution in [2.24, 2.45) is 0 Å². The molecule has 0 aromatic heterocycles. The van der Waals surface area contributed by atoms with Gasteiger partial charge in [-0.1, -0.05) is 26.0 Å². The normalized spacial score (nSPS) is 20.7. The molecular formula is C18H29ClN2O2. The molecule has 0 aliphatic carbocycles. The Hall–Kier alpha value is -1.26. The molecule has 1 aromatic carbocycles. The second-order valence-corrected chi connectivity index (χ2v) is 6.38. The van der Waals surface area contributed by atoms with Crippen molar-refractivity contribution < 1.29 is 9.53 Å². The molecule has 1 aliphatic heterocycles. The number of hydrogen-bond acceptors (Lipinski definition) is 3. The summed E-state index contributed by atoms with van der Waals surface area (Å²) in [4.78, 5) is 12.0. The van der Waals surface area contributed by atoms with E-state index >= 15 is 0 Å². The lowest BCUT2D eigenvalue weighted by atomic mass is 10.00. The standard InChI is InChI=1S/C18H28N2O2.ClH/c1-13(2)15-6-8-16(9-7-15)22-12-10-18(21)20-17-5-4-11-19-14(17)3;/h6-9,13-14,17,19H,4-5,10-12H2,1-3H3,(H,20,21);1H.